The highest BCUT2D eigenvalue weighted by Crippen LogP contribution is 2.13. The molecule has 3 heterocycles. The summed E-state index contributed by atoms with van der Waals surface area (Å²) in [6, 6.07) is 3.05. The van der Waals surface area contributed by atoms with Crippen LogP contribution in [0.4, 0.5) is 0 Å². The molecule has 7 heteroatoms. The molecule has 3 rings (SSSR count). The Morgan fingerprint density at radius 3 is 3.17 bits per heavy atom. The van der Waals surface area contributed by atoms with E-state index in [9.17, 15) is 9.59 Å². The van der Waals surface area contributed by atoms with Crippen LogP contribution in [-0.2, 0) is 24.2 Å². The van der Waals surface area contributed by atoms with Gasteiger partial charge in [0.2, 0.25) is 0 Å². The summed E-state index contributed by atoms with van der Waals surface area (Å²) in [4.78, 5) is 28.5. The maximum absolute atomic E-state index is 12.4. The fourth-order valence-corrected chi connectivity index (χ4v) is 2.78. The van der Waals surface area contributed by atoms with Crippen molar-refractivity contribution in [2.75, 3.05) is 13.7 Å². The molecule has 0 bridgehead atoms. The number of carbonyl (C=O) groups excluding carboxylic acids is 1. The number of aromatic nitrogens is 3. The highest BCUT2D eigenvalue weighted by molar-refractivity contribution is 5.94. The third kappa shape index (κ3) is 3.50. The molecule has 2 aromatic heterocycles. The molecule has 7 nitrogen and oxygen atoms in total. The number of rotatable bonds is 5. The number of nitrogens with zero attached hydrogens (tertiary/aromatic N) is 3. The van der Waals surface area contributed by atoms with Crippen LogP contribution in [-0.4, -0.2) is 39.8 Å². The molecule has 1 aliphatic rings. The molecule has 0 fully saturated rings. The Bertz CT molecular complexity index is 750. The van der Waals surface area contributed by atoms with Crippen LogP contribution in [0.3, 0.4) is 0 Å². The summed E-state index contributed by atoms with van der Waals surface area (Å²) in [6.07, 6.45) is 7.02. The van der Waals surface area contributed by atoms with Crippen LogP contribution in [0.5, 0.6) is 0 Å². The summed E-state index contributed by atoms with van der Waals surface area (Å²) in [5.74, 6) is 0.897. The number of carbonyl (C=O) groups is 1. The minimum atomic E-state index is -0.162. The molecule has 1 amide bonds. The molecule has 0 aliphatic carbocycles. The number of hydrogen-bond donors (Lipinski definition) is 1. The van der Waals surface area contributed by atoms with Gasteiger partial charge in [0.05, 0.1) is 12.2 Å². The molecule has 1 unspecified atom stereocenters. The first-order valence-corrected chi connectivity index (χ1v) is 7.67. The molecule has 0 saturated heterocycles. The maximum atomic E-state index is 12.4. The minimum absolute atomic E-state index is 0.0727. The molecule has 0 aromatic carbocycles. The number of hydrogen-bond acceptors (Lipinski definition) is 4. The quantitative estimate of drug-likeness (QED) is 0.868. The summed E-state index contributed by atoms with van der Waals surface area (Å²) in [6.45, 7) is 1.58. The molecule has 0 saturated carbocycles. The SMILES string of the molecule is COCCn1cc(C(=O)NC2CCc3nccn3C2)ccc1=O. The number of nitrogens with one attached hydrogen (secondary N) is 1. The van der Waals surface area contributed by atoms with Gasteiger partial charge in [0.15, 0.2) is 0 Å². The second-order valence-corrected chi connectivity index (χ2v) is 5.65. The molecule has 0 radical (unpaired) electrons. The van der Waals surface area contributed by atoms with E-state index >= 15 is 0 Å². The lowest BCUT2D eigenvalue weighted by Crippen LogP contribution is -2.41. The number of aryl methyl sites for hydroxylation is 1. The number of imidazole rings is 1. The first kappa shape index (κ1) is 15.5. The highest BCUT2D eigenvalue weighted by atomic mass is 16.5. The second kappa shape index (κ2) is 6.78. The van der Waals surface area contributed by atoms with Gasteiger partial charge >= 0.3 is 0 Å². The zero-order valence-electron chi connectivity index (χ0n) is 13.1. The maximum Gasteiger partial charge on any atom is 0.253 e. The molecule has 0 spiro atoms. The van der Waals surface area contributed by atoms with Gasteiger partial charge in [-0.25, -0.2) is 4.98 Å². The van der Waals surface area contributed by atoms with Crippen molar-refractivity contribution >= 4 is 5.91 Å². The van der Waals surface area contributed by atoms with Crippen LogP contribution >= 0.6 is 0 Å². The number of fused-ring (bicyclic) bond motifs is 1. The lowest BCUT2D eigenvalue weighted by atomic mass is 10.1. The molecule has 1 N–H and O–H groups in total. The zero-order valence-corrected chi connectivity index (χ0v) is 13.1. The standard InChI is InChI=1S/C16H20N4O3/c1-23-9-8-20-10-12(2-5-15(20)21)16(22)18-13-3-4-14-17-6-7-19(14)11-13/h2,5-7,10,13H,3-4,8-9,11H2,1H3,(H,18,22). The van der Waals surface area contributed by atoms with Crippen molar-refractivity contribution in [1.82, 2.24) is 19.4 Å². The van der Waals surface area contributed by atoms with E-state index in [1.165, 1.54) is 10.6 Å². The van der Waals surface area contributed by atoms with E-state index in [1.807, 2.05) is 6.20 Å². The summed E-state index contributed by atoms with van der Waals surface area (Å²) < 4.78 is 8.54. The van der Waals surface area contributed by atoms with Gasteiger partial charge in [-0.2, -0.15) is 0 Å². The Hall–Kier alpha value is -2.41. The number of methoxy groups -OCH3 is 1. The fourth-order valence-electron chi connectivity index (χ4n) is 2.78. The van der Waals surface area contributed by atoms with E-state index in [0.717, 1.165) is 25.2 Å². The van der Waals surface area contributed by atoms with Gasteiger partial charge in [0.25, 0.3) is 11.5 Å². The minimum Gasteiger partial charge on any atom is -0.383 e. The van der Waals surface area contributed by atoms with Crippen LogP contribution < -0.4 is 10.9 Å². The van der Waals surface area contributed by atoms with Crippen molar-refractivity contribution in [2.45, 2.75) is 32.0 Å². The van der Waals surface area contributed by atoms with Crippen LogP contribution in [0.15, 0.2) is 35.5 Å². The van der Waals surface area contributed by atoms with Gasteiger partial charge in [-0.15, -0.1) is 0 Å². The topological polar surface area (TPSA) is 78.2 Å². The van der Waals surface area contributed by atoms with E-state index in [2.05, 4.69) is 14.9 Å². The number of ether oxygens (including phenoxy) is 1. The zero-order chi connectivity index (χ0) is 16.2. The average Bonchev–Trinajstić information content (AvgIpc) is 3.01. The third-order valence-electron chi connectivity index (χ3n) is 4.05. The monoisotopic (exact) mass is 316 g/mol. The summed E-state index contributed by atoms with van der Waals surface area (Å²) in [5, 5.41) is 3.03. The Labute approximate surface area is 133 Å². The molecule has 122 valence electrons. The Morgan fingerprint density at radius 2 is 2.35 bits per heavy atom. The van der Waals surface area contributed by atoms with Crippen LogP contribution in [0, 0.1) is 0 Å². The molecule has 1 aliphatic heterocycles. The van der Waals surface area contributed by atoms with Crippen molar-refractivity contribution in [2.24, 2.45) is 0 Å². The van der Waals surface area contributed by atoms with Gasteiger partial charge in [-0.1, -0.05) is 0 Å². The lowest BCUT2D eigenvalue weighted by Gasteiger charge is -2.24. The first-order valence-electron chi connectivity index (χ1n) is 7.67. The Kier molecular flexibility index (Phi) is 4.57. The Balaban J connectivity index is 1.68. The van der Waals surface area contributed by atoms with E-state index < -0.39 is 0 Å². The van der Waals surface area contributed by atoms with E-state index in [-0.39, 0.29) is 17.5 Å². The summed E-state index contributed by atoms with van der Waals surface area (Å²) in [7, 11) is 1.58. The van der Waals surface area contributed by atoms with Crippen molar-refractivity contribution in [3.05, 3.63) is 52.5 Å². The summed E-state index contributed by atoms with van der Waals surface area (Å²) >= 11 is 0. The van der Waals surface area contributed by atoms with Crippen LogP contribution in [0.25, 0.3) is 0 Å². The molecule has 1 atom stereocenters. The largest absolute Gasteiger partial charge is 0.383 e. The number of pyridine rings is 1. The molecule has 2 aromatic rings. The third-order valence-corrected chi connectivity index (χ3v) is 4.05. The Morgan fingerprint density at radius 1 is 1.48 bits per heavy atom. The highest BCUT2D eigenvalue weighted by Gasteiger charge is 2.21. The van der Waals surface area contributed by atoms with Crippen molar-refractivity contribution < 1.29 is 9.53 Å². The van der Waals surface area contributed by atoms with Gasteiger partial charge in [0.1, 0.15) is 5.82 Å². The fraction of sp³-hybridized carbons (Fsp3) is 0.438. The van der Waals surface area contributed by atoms with Crippen LogP contribution in [0.1, 0.15) is 22.6 Å². The van der Waals surface area contributed by atoms with E-state index in [4.69, 9.17) is 4.74 Å². The van der Waals surface area contributed by atoms with Gasteiger partial charge in [0, 0.05) is 57.3 Å². The molecular formula is C16H20N4O3. The second-order valence-electron chi connectivity index (χ2n) is 5.65. The molecule has 23 heavy (non-hydrogen) atoms. The van der Waals surface area contributed by atoms with Crippen molar-refractivity contribution in [1.29, 1.82) is 0 Å². The number of amides is 1. The molecular weight excluding hydrogens is 296 g/mol. The van der Waals surface area contributed by atoms with Crippen molar-refractivity contribution in [3.8, 4) is 0 Å². The average molecular weight is 316 g/mol. The predicted molar refractivity (Wildman–Crippen MR) is 84.4 cm³/mol. The lowest BCUT2D eigenvalue weighted by molar-refractivity contribution is 0.0926. The summed E-state index contributed by atoms with van der Waals surface area (Å²) in [5.41, 5.74) is 0.344. The van der Waals surface area contributed by atoms with Crippen molar-refractivity contribution in [3.63, 3.8) is 0 Å². The smallest absolute Gasteiger partial charge is 0.253 e. The first-order chi connectivity index (χ1) is 11.2. The predicted octanol–water partition coefficient (Wildman–Crippen LogP) is 0.436. The van der Waals surface area contributed by atoms with Crippen LogP contribution in [0.2, 0.25) is 0 Å². The van der Waals surface area contributed by atoms with Gasteiger partial charge < -0.3 is 19.2 Å². The van der Waals surface area contributed by atoms with E-state index in [1.54, 1.807) is 25.6 Å². The van der Waals surface area contributed by atoms with Gasteiger partial charge in [-0.3, -0.25) is 9.59 Å². The van der Waals surface area contributed by atoms with E-state index in [0.29, 0.717) is 18.7 Å². The normalized spacial score (nSPS) is 16.8. The van der Waals surface area contributed by atoms with Gasteiger partial charge in [-0.05, 0) is 12.5 Å².